The molecule has 0 spiro atoms. The van der Waals surface area contributed by atoms with E-state index in [2.05, 4.69) is 15.7 Å². The number of nitrogens with one attached hydrogen (secondary N) is 1. The van der Waals surface area contributed by atoms with E-state index >= 15 is 0 Å². The van der Waals surface area contributed by atoms with Crippen LogP contribution in [0.2, 0.25) is 0 Å². The van der Waals surface area contributed by atoms with Crippen molar-refractivity contribution >= 4 is 11.3 Å². The zero-order valence-corrected chi connectivity index (χ0v) is 8.81. The Morgan fingerprint density at radius 3 is 3.08 bits per heavy atom. The highest BCUT2D eigenvalue weighted by molar-refractivity contribution is 7.07. The van der Waals surface area contributed by atoms with E-state index in [9.17, 15) is 0 Å². The maximum absolute atomic E-state index is 5.62. The van der Waals surface area contributed by atoms with Crippen LogP contribution >= 0.6 is 11.3 Å². The van der Waals surface area contributed by atoms with Gasteiger partial charge in [-0.1, -0.05) is 0 Å². The molecular formula is C9H17N3S. The molecule has 74 valence electrons. The third-order valence-electron chi connectivity index (χ3n) is 1.82. The summed E-state index contributed by atoms with van der Waals surface area (Å²) < 4.78 is 0. The minimum atomic E-state index is 0.298. The van der Waals surface area contributed by atoms with Crippen molar-refractivity contribution in [2.24, 2.45) is 5.73 Å². The number of hydrogen-bond donors (Lipinski definition) is 2. The molecule has 0 saturated carbocycles. The van der Waals surface area contributed by atoms with Crippen molar-refractivity contribution in [1.82, 2.24) is 10.3 Å². The van der Waals surface area contributed by atoms with Gasteiger partial charge >= 0.3 is 0 Å². The maximum Gasteiger partial charge on any atom is 0.0794 e. The molecule has 0 aliphatic heterocycles. The highest BCUT2D eigenvalue weighted by atomic mass is 32.1. The molecule has 1 aromatic heterocycles. The summed E-state index contributed by atoms with van der Waals surface area (Å²) in [6.07, 6.45) is 2.06. The molecule has 4 heteroatoms. The molecule has 0 amide bonds. The molecule has 0 aliphatic carbocycles. The van der Waals surface area contributed by atoms with Crippen LogP contribution in [0.3, 0.4) is 0 Å². The van der Waals surface area contributed by atoms with Gasteiger partial charge in [0.1, 0.15) is 0 Å². The van der Waals surface area contributed by atoms with E-state index in [1.54, 1.807) is 11.3 Å². The van der Waals surface area contributed by atoms with Crippen molar-refractivity contribution < 1.29 is 0 Å². The summed E-state index contributed by atoms with van der Waals surface area (Å²) in [4.78, 5) is 4.20. The Morgan fingerprint density at radius 1 is 1.62 bits per heavy atom. The molecule has 13 heavy (non-hydrogen) atoms. The van der Waals surface area contributed by atoms with Crippen LogP contribution < -0.4 is 11.1 Å². The average Bonchev–Trinajstić information content (AvgIpc) is 2.55. The SMILES string of the molecule is CC(N)CCNCCc1cscn1. The highest BCUT2D eigenvalue weighted by Gasteiger charge is 1.95. The Hall–Kier alpha value is -0.450. The molecule has 1 aromatic rings. The van der Waals surface area contributed by atoms with Crippen LogP contribution in [0.1, 0.15) is 19.0 Å². The van der Waals surface area contributed by atoms with Gasteiger partial charge in [0.05, 0.1) is 11.2 Å². The van der Waals surface area contributed by atoms with E-state index < -0.39 is 0 Å². The van der Waals surface area contributed by atoms with Crippen molar-refractivity contribution in [3.8, 4) is 0 Å². The van der Waals surface area contributed by atoms with Crippen LogP contribution in [0.4, 0.5) is 0 Å². The van der Waals surface area contributed by atoms with Gasteiger partial charge in [0.15, 0.2) is 0 Å². The van der Waals surface area contributed by atoms with Crippen LogP contribution in [0.15, 0.2) is 10.9 Å². The summed E-state index contributed by atoms with van der Waals surface area (Å²) in [5, 5.41) is 5.43. The predicted molar refractivity (Wildman–Crippen MR) is 57.0 cm³/mol. The maximum atomic E-state index is 5.62. The zero-order valence-electron chi connectivity index (χ0n) is 7.99. The fraction of sp³-hybridized carbons (Fsp3) is 0.667. The standard InChI is InChI=1S/C9H17N3S/c1-8(10)2-4-11-5-3-9-6-13-7-12-9/h6-8,11H,2-5,10H2,1H3. The van der Waals surface area contributed by atoms with Crippen molar-refractivity contribution in [2.75, 3.05) is 13.1 Å². The smallest absolute Gasteiger partial charge is 0.0794 e. The molecule has 0 radical (unpaired) electrons. The first-order valence-corrected chi connectivity index (χ1v) is 5.56. The number of hydrogen-bond acceptors (Lipinski definition) is 4. The molecule has 0 aromatic carbocycles. The van der Waals surface area contributed by atoms with Gasteiger partial charge in [-0.25, -0.2) is 4.98 Å². The van der Waals surface area contributed by atoms with E-state index in [0.29, 0.717) is 6.04 Å². The van der Waals surface area contributed by atoms with E-state index in [-0.39, 0.29) is 0 Å². The third kappa shape index (κ3) is 4.98. The quantitative estimate of drug-likeness (QED) is 0.672. The summed E-state index contributed by atoms with van der Waals surface area (Å²) >= 11 is 1.65. The van der Waals surface area contributed by atoms with E-state index in [1.165, 1.54) is 5.69 Å². The van der Waals surface area contributed by atoms with Gasteiger partial charge in [-0.15, -0.1) is 11.3 Å². The highest BCUT2D eigenvalue weighted by Crippen LogP contribution is 2.00. The molecule has 1 unspecified atom stereocenters. The number of nitrogens with zero attached hydrogens (tertiary/aromatic N) is 1. The molecule has 3 nitrogen and oxygen atoms in total. The summed E-state index contributed by atoms with van der Waals surface area (Å²) in [5.41, 5.74) is 8.67. The Labute approximate surface area is 83.4 Å². The Bertz CT molecular complexity index is 209. The van der Waals surface area contributed by atoms with E-state index in [1.807, 2.05) is 12.4 Å². The second-order valence-electron chi connectivity index (χ2n) is 3.25. The molecule has 0 saturated heterocycles. The van der Waals surface area contributed by atoms with Gasteiger partial charge in [-0.2, -0.15) is 0 Å². The minimum absolute atomic E-state index is 0.298. The molecule has 1 atom stereocenters. The lowest BCUT2D eigenvalue weighted by molar-refractivity contribution is 0.588. The monoisotopic (exact) mass is 199 g/mol. The van der Waals surface area contributed by atoms with E-state index in [4.69, 9.17) is 5.73 Å². The first-order valence-electron chi connectivity index (χ1n) is 4.62. The van der Waals surface area contributed by atoms with Crippen LogP contribution in [0.25, 0.3) is 0 Å². The molecule has 1 heterocycles. The first-order chi connectivity index (χ1) is 6.29. The van der Waals surface area contributed by atoms with Gasteiger partial charge in [-0.05, 0) is 19.9 Å². The van der Waals surface area contributed by atoms with Gasteiger partial charge in [0.25, 0.3) is 0 Å². The predicted octanol–water partition coefficient (Wildman–Crippen LogP) is 1.01. The lowest BCUT2D eigenvalue weighted by atomic mass is 10.2. The van der Waals surface area contributed by atoms with Crippen molar-refractivity contribution in [1.29, 1.82) is 0 Å². The number of aromatic nitrogens is 1. The summed E-state index contributed by atoms with van der Waals surface area (Å²) in [7, 11) is 0. The molecular weight excluding hydrogens is 182 g/mol. The minimum Gasteiger partial charge on any atom is -0.328 e. The zero-order chi connectivity index (χ0) is 9.52. The fourth-order valence-corrected chi connectivity index (χ4v) is 1.63. The third-order valence-corrected chi connectivity index (χ3v) is 2.45. The molecule has 0 bridgehead atoms. The lowest BCUT2D eigenvalue weighted by Crippen LogP contribution is -2.25. The Balaban J connectivity index is 1.96. The average molecular weight is 199 g/mol. The Kier molecular flexibility index (Phi) is 4.97. The normalized spacial score (nSPS) is 13.1. The first kappa shape index (κ1) is 10.6. The lowest BCUT2D eigenvalue weighted by Gasteiger charge is -2.05. The fourth-order valence-electron chi connectivity index (χ4n) is 1.03. The molecule has 3 N–H and O–H groups in total. The van der Waals surface area contributed by atoms with Gasteiger partial charge in [0, 0.05) is 24.4 Å². The molecule has 1 rings (SSSR count). The second kappa shape index (κ2) is 6.07. The van der Waals surface area contributed by atoms with Gasteiger partial charge < -0.3 is 11.1 Å². The van der Waals surface area contributed by atoms with Crippen LogP contribution in [-0.4, -0.2) is 24.1 Å². The van der Waals surface area contributed by atoms with Crippen molar-refractivity contribution in [3.63, 3.8) is 0 Å². The summed E-state index contributed by atoms with van der Waals surface area (Å²) in [6.45, 7) is 4.03. The topological polar surface area (TPSA) is 50.9 Å². The molecule has 0 aliphatic rings. The van der Waals surface area contributed by atoms with Crippen LogP contribution in [0.5, 0.6) is 0 Å². The number of thiazole rings is 1. The van der Waals surface area contributed by atoms with E-state index in [0.717, 1.165) is 25.9 Å². The van der Waals surface area contributed by atoms with Crippen LogP contribution in [0, 0.1) is 0 Å². The molecule has 0 fully saturated rings. The largest absolute Gasteiger partial charge is 0.328 e. The van der Waals surface area contributed by atoms with Gasteiger partial charge in [0.2, 0.25) is 0 Å². The van der Waals surface area contributed by atoms with Crippen molar-refractivity contribution in [2.45, 2.75) is 25.8 Å². The summed E-state index contributed by atoms with van der Waals surface area (Å²) in [6, 6.07) is 0.298. The summed E-state index contributed by atoms with van der Waals surface area (Å²) in [5.74, 6) is 0. The number of rotatable bonds is 6. The van der Waals surface area contributed by atoms with Gasteiger partial charge in [-0.3, -0.25) is 0 Å². The van der Waals surface area contributed by atoms with Crippen LogP contribution in [-0.2, 0) is 6.42 Å². The second-order valence-corrected chi connectivity index (χ2v) is 3.96. The Morgan fingerprint density at radius 2 is 2.46 bits per heavy atom. The van der Waals surface area contributed by atoms with Crippen molar-refractivity contribution in [3.05, 3.63) is 16.6 Å². The number of nitrogens with two attached hydrogens (primary N) is 1.